The zero-order chi connectivity index (χ0) is 36.5. The number of nitriles is 2. The third kappa shape index (κ3) is 11.3. The number of carboxylic acids is 4. The summed E-state index contributed by atoms with van der Waals surface area (Å²) in [6.45, 7) is 0. The summed E-state index contributed by atoms with van der Waals surface area (Å²) < 4.78 is 0. The van der Waals surface area contributed by atoms with E-state index in [0.717, 1.165) is 22.3 Å². The Kier molecular flexibility index (Phi) is 13.6. The quantitative estimate of drug-likeness (QED) is 0.246. The molecule has 0 radical (unpaired) electrons. The molecule has 12 nitrogen and oxygen atoms in total. The number of aromatic amines is 2. The summed E-state index contributed by atoms with van der Waals surface area (Å²) in [5.41, 5.74) is 2.06. The molecule has 2 heterocycles. The van der Waals surface area contributed by atoms with Gasteiger partial charge in [0.05, 0.1) is 46.3 Å². The predicted molar refractivity (Wildman–Crippen MR) is 175 cm³/mol. The van der Waals surface area contributed by atoms with Gasteiger partial charge in [-0.05, 0) is 58.7 Å². The van der Waals surface area contributed by atoms with Gasteiger partial charge in [0.15, 0.2) is 24.8 Å². The van der Waals surface area contributed by atoms with E-state index in [1.807, 2.05) is 110 Å². The summed E-state index contributed by atoms with van der Waals surface area (Å²) >= 11 is 0. The Hall–Kier alpha value is -7.70. The van der Waals surface area contributed by atoms with Crippen molar-refractivity contribution in [1.82, 2.24) is 0 Å². The summed E-state index contributed by atoms with van der Waals surface area (Å²) in [4.78, 5) is 48.7. The molecule has 3 aromatic carbocycles. The Bertz CT molecular complexity index is 1950. The lowest BCUT2D eigenvalue weighted by Gasteiger charge is -2.13. The maximum absolute atomic E-state index is 10.7. The number of aromatic carboxylic acids is 4. The first-order valence-electron chi connectivity index (χ1n) is 14.4. The van der Waals surface area contributed by atoms with Crippen molar-refractivity contribution in [3.05, 3.63) is 165 Å². The van der Waals surface area contributed by atoms with E-state index in [9.17, 15) is 29.4 Å². The smallest absolute Gasteiger partial charge is 0.336 e. The van der Waals surface area contributed by atoms with Crippen molar-refractivity contribution >= 4 is 48.2 Å². The second-order valence-corrected chi connectivity index (χ2v) is 9.94. The van der Waals surface area contributed by atoms with Crippen LogP contribution in [0, 0.1) is 22.7 Å². The molecule has 0 aliphatic heterocycles. The van der Waals surface area contributed by atoms with Crippen molar-refractivity contribution < 1.29 is 49.6 Å². The van der Waals surface area contributed by atoms with E-state index >= 15 is 0 Å². The van der Waals surface area contributed by atoms with E-state index in [-0.39, 0.29) is 0 Å². The first-order valence-corrected chi connectivity index (χ1v) is 14.4. The molecule has 0 atom stereocenters. The molecular formula is C38H26N4O8. The monoisotopic (exact) mass is 666 g/mol. The van der Waals surface area contributed by atoms with Crippen LogP contribution in [0.15, 0.2) is 110 Å². The second-order valence-electron chi connectivity index (χ2n) is 9.94. The van der Waals surface area contributed by atoms with Gasteiger partial charge in [0.25, 0.3) is 0 Å². The molecule has 0 unspecified atom stereocenters. The molecule has 50 heavy (non-hydrogen) atoms. The van der Waals surface area contributed by atoms with Gasteiger partial charge in [-0.3, -0.25) is 0 Å². The Balaban J connectivity index is 0.000000203. The molecule has 0 aliphatic rings. The topological polar surface area (TPSA) is 231 Å². The SMILES string of the molecule is N#Cc1cccc(/C=C/c2cc[nH+]cc2)c1.N#Cc1cccc(/C=C/c2cc[nH+]cc2)c1.O=C([O-])c1cc(C(=O)[O-])c(C(=O)O)cc1C(=O)O. The number of rotatable bonds is 8. The number of H-pyrrole nitrogens is 2. The number of nitrogens with zero attached hydrogens (tertiary/aromatic N) is 2. The first-order chi connectivity index (χ1) is 24.0. The molecule has 5 rings (SSSR count). The zero-order valence-electron chi connectivity index (χ0n) is 25.9. The number of benzene rings is 3. The highest BCUT2D eigenvalue weighted by Crippen LogP contribution is 2.17. The van der Waals surface area contributed by atoms with Crippen LogP contribution in [0.4, 0.5) is 0 Å². The highest BCUT2D eigenvalue weighted by atomic mass is 16.4. The van der Waals surface area contributed by atoms with Crippen LogP contribution in [-0.4, -0.2) is 34.1 Å². The van der Waals surface area contributed by atoms with Crippen LogP contribution in [0.3, 0.4) is 0 Å². The van der Waals surface area contributed by atoms with Crippen LogP contribution in [0.2, 0.25) is 0 Å². The standard InChI is InChI=1S/2C14H10N2.C10H6O8/c2*15-11-14-3-1-2-13(10-14)5-4-12-6-8-16-9-7-12;11-7(12)3-1-4(8(13)14)6(10(17)18)2-5(3)9(15)16/h2*1-10H;1-2H,(H,11,12)(H,13,14)(H,15,16)(H,17,18)/b2*5-4+;. The molecule has 4 N–H and O–H groups in total. The molecule has 246 valence electrons. The first kappa shape index (κ1) is 36.8. The lowest BCUT2D eigenvalue weighted by atomic mass is 9.98. The van der Waals surface area contributed by atoms with Crippen molar-refractivity contribution in [3.63, 3.8) is 0 Å². The van der Waals surface area contributed by atoms with Crippen molar-refractivity contribution in [1.29, 1.82) is 10.5 Å². The minimum Gasteiger partial charge on any atom is -0.545 e. The minimum absolute atomic E-state index is 0.386. The number of carbonyl (C=O) groups excluding carboxylic acids is 2. The molecule has 5 aromatic rings. The van der Waals surface area contributed by atoms with Gasteiger partial charge in [0, 0.05) is 35.4 Å². The van der Waals surface area contributed by atoms with Gasteiger partial charge in [-0.15, -0.1) is 0 Å². The van der Waals surface area contributed by atoms with E-state index in [0.29, 0.717) is 23.3 Å². The van der Waals surface area contributed by atoms with Gasteiger partial charge in [-0.1, -0.05) is 48.6 Å². The lowest BCUT2D eigenvalue weighted by Crippen LogP contribution is -2.29. The van der Waals surface area contributed by atoms with Crippen molar-refractivity contribution in [2.45, 2.75) is 0 Å². The van der Waals surface area contributed by atoms with Crippen LogP contribution in [0.1, 0.15) is 74.8 Å². The molecule has 0 amide bonds. The molecule has 0 spiro atoms. The molecule has 2 aromatic heterocycles. The van der Waals surface area contributed by atoms with Crippen molar-refractivity contribution in [3.8, 4) is 12.1 Å². The highest BCUT2D eigenvalue weighted by Gasteiger charge is 2.19. The minimum atomic E-state index is -1.94. The van der Waals surface area contributed by atoms with E-state index < -0.39 is 46.1 Å². The fourth-order valence-corrected chi connectivity index (χ4v) is 4.12. The van der Waals surface area contributed by atoms with Crippen LogP contribution in [0.25, 0.3) is 24.3 Å². The number of aromatic nitrogens is 2. The molecular weight excluding hydrogens is 640 g/mol. The summed E-state index contributed by atoms with van der Waals surface area (Å²) in [5.74, 6) is -7.32. The number of hydrogen-bond donors (Lipinski definition) is 2. The number of pyridine rings is 2. The maximum Gasteiger partial charge on any atom is 0.336 e. The van der Waals surface area contributed by atoms with Gasteiger partial charge >= 0.3 is 11.9 Å². The van der Waals surface area contributed by atoms with Gasteiger partial charge in [0.2, 0.25) is 0 Å². The van der Waals surface area contributed by atoms with E-state index in [1.54, 1.807) is 12.1 Å². The Morgan fingerprint density at radius 3 is 1.18 bits per heavy atom. The van der Waals surface area contributed by atoms with E-state index in [4.69, 9.17) is 20.7 Å². The predicted octanol–water partition coefficient (Wildman–Crippen LogP) is 2.90. The zero-order valence-corrected chi connectivity index (χ0v) is 25.9. The molecule has 12 heteroatoms. The lowest BCUT2D eigenvalue weighted by molar-refractivity contribution is -0.378. The van der Waals surface area contributed by atoms with Gasteiger partial charge in [-0.25, -0.2) is 19.6 Å². The van der Waals surface area contributed by atoms with Gasteiger partial charge in [-0.2, -0.15) is 10.5 Å². The van der Waals surface area contributed by atoms with Crippen LogP contribution < -0.4 is 20.2 Å². The molecule has 0 bridgehead atoms. The Labute approximate surface area is 285 Å². The van der Waals surface area contributed by atoms with Crippen molar-refractivity contribution in [2.75, 3.05) is 0 Å². The van der Waals surface area contributed by atoms with Gasteiger partial charge < -0.3 is 30.0 Å². The second kappa shape index (κ2) is 18.4. The van der Waals surface area contributed by atoms with Gasteiger partial charge in [0.1, 0.15) is 0 Å². The summed E-state index contributed by atoms with van der Waals surface area (Å²) in [6.07, 6.45) is 15.6. The fourth-order valence-electron chi connectivity index (χ4n) is 4.12. The van der Waals surface area contributed by atoms with Crippen molar-refractivity contribution in [2.24, 2.45) is 0 Å². The number of nitrogens with one attached hydrogen (secondary N) is 2. The Morgan fingerprint density at radius 2 is 0.860 bits per heavy atom. The third-order valence-electron chi connectivity index (χ3n) is 6.51. The number of carbonyl (C=O) groups is 4. The van der Waals surface area contributed by atoms with E-state index in [2.05, 4.69) is 22.1 Å². The normalized spacial score (nSPS) is 10.0. The summed E-state index contributed by atoms with van der Waals surface area (Å²) in [5, 5.41) is 56.2. The molecule has 0 saturated heterocycles. The van der Waals surface area contributed by atoms with E-state index in [1.165, 1.54) is 0 Å². The average molecular weight is 667 g/mol. The number of hydrogen-bond acceptors (Lipinski definition) is 8. The maximum atomic E-state index is 10.7. The van der Waals surface area contributed by atoms with Crippen LogP contribution in [0.5, 0.6) is 0 Å². The Morgan fingerprint density at radius 1 is 0.520 bits per heavy atom. The number of carboxylic acid groups (broad SMARTS) is 4. The summed E-state index contributed by atoms with van der Waals surface area (Å²) in [7, 11) is 0. The average Bonchev–Trinajstić information content (AvgIpc) is 3.14. The molecule has 0 aliphatic carbocycles. The third-order valence-corrected chi connectivity index (χ3v) is 6.51. The summed E-state index contributed by atoms with van der Waals surface area (Å²) in [6, 6.07) is 28.1. The molecule has 0 fully saturated rings. The van der Waals surface area contributed by atoms with Crippen LogP contribution >= 0.6 is 0 Å². The van der Waals surface area contributed by atoms with Crippen LogP contribution in [-0.2, 0) is 0 Å². The molecule has 0 saturated carbocycles. The largest absolute Gasteiger partial charge is 0.545 e. The fraction of sp³-hybridized carbons (Fsp3) is 0. The highest BCUT2D eigenvalue weighted by molar-refractivity contribution is 6.08.